The van der Waals surface area contributed by atoms with Gasteiger partial charge in [-0.3, -0.25) is 0 Å². The molecule has 0 aliphatic heterocycles. The molecule has 1 aliphatic rings. The van der Waals surface area contributed by atoms with Crippen molar-refractivity contribution in [3.05, 3.63) is 47.3 Å². The second-order valence-electron chi connectivity index (χ2n) is 7.22. The normalized spacial score (nSPS) is 21.5. The molecule has 0 amide bonds. The minimum atomic E-state index is -1.04. The van der Waals surface area contributed by atoms with Gasteiger partial charge in [-0.15, -0.1) is 5.10 Å². The Morgan fingerprint density at radius 3 is 2.76 bits per heavy atom. The molecule has 1 saturated carbocycles. The van der Waals surface area contributed by atoms with E-state index in [0.29, 0.717) is 11.3 Å². The van der Waals surface area contributed by atoms with Crippen molar-refractivity contribution in [1.82, 2.24) is 20.3 Å². The van der Waals surface area contributed by atoms with Crippen LogP contribution < -0.4 is 5.32 Å². The van der Waals surface area contributed by atoms with E-state index in [1.165, 1.54) is 6.07 Å². The largest absolute Gasteiger partial charge is 0.384 e. The molecule has 7 heteroatoms. The summed E-state index contributed by atoms with van der Waals surface area (Å²) in [5.41, 5.74) is -0.200. The first-order valence-corrected chi connectivity index (χ1v) is 8.66. The summed E-state index contributed by atoms with van der Waals surface area (Å²) in [4.78, 5) is 0. The number of halogens is 2. The fourth-order valence-electron chi connectivity index (χ4n) is 3.31. The van der Waals surface area contributed by atoms with E-state index < -0.39 is 17.2 Å². The minimum Gasteiger partial charge on any atom is -0.384 e. The molecule has 0 saturated heterocycles. The van der Waals surface area contributed by atoms with Crippen LogP contribution >= 0.6 is 0 Å². The van der Waals surface area contributed by atoms with Crippen LogP contribution in [0.2, 0.25) is 0 Å². The molecule has 2 aromatic rings. The SMILES string of the molecule is CC(C)(O)c1cn([C@@H]2CCCC[C@@H]2NCc2cc(F)ccc2F)nn1. The first kappa shape index (κ1) is 17.9. The fraction of sp³-hybridized carbons (Fsp3) is 0.556. The predicted octanol–water partition coefficient (Wildman–Crippen LogP) is 3.06. The number of nitrogens with zero attached hydrogens (tertiary/aromatic N) is 3. The lowest BCUT2D eigenvalue weighted by Gasteiger charge is -2.32. The second-order valence-corrected chi connectivity index (χ2v) is 7.22. The van der Waals surface area contributed by atoms with Crippen LogP contribution in [-0.2, 0) is 12.1 Å². The molecule has 1 fully saturated rings. The third kappa shape index (κ3) is 4.22. The number of aromatic nitrogens is 3. The molecule has 1 aliphatic carbocycles. The van der Waals surface area contributed by atoms with E-state index >= 15 is 0 Å². The lowest BCUT2D eigenvalue weighted by molar-refractivity contribution is 0.0736. The Hall–Kier alpha value is -1.86. The van der Waals surface area contributed by atoms with Crippen LogP contribution in [0, 0.1) is 11.6 Å². The van der Waals surface area contributed by atoms with Crippen molar-refractivity contribution in [2.75, 3.05) is 0 Å². The van der Waals surface area contributed by atoms with Gasteiger partial charge in [0.25, 0.3) is 0 Å². The van der Waals surface area contributed by atoms with E-state index in [2.05, 4.69) is 15.6 Å². The monoisotopic (exact) mass is 350 g/mol. The minimum absolute atomic E-state index is 0.0778. The second kappa shape index (κ2) is 7.17. The Morgan fingerprint density at radius 1 is 1.28 bits per heavy atom. The van der Waals surface area contributed by atoms with E-state index in [-0.39, 0.29) is 18.6 Å². The van der Waals surface area contributed by atoms with Gasteiger partial charge in [-0.2, -0.15) is 0 Å². The van der Waals surface area contributed by atoms with Gasteiger partial charge < -0.3 is 10.4 Å². The Balaban J connectivity index is 1.73. The average Bonchev–Trinajstić information content (AvgIpc) is 3.06. The predicted molar refractivity (Wildman–Crippen MR) is 89.8 cm³/mol. The lowest BCUT2D eigenvalue weighted by Crippen LogP contribution is -2.40. The first-order chi connectivity index (χ1) is 11.8. The van der Waals surface area contributed by atoms with Crippen LogP contribution in [0.4, 0.5) is 8.78 Å². The van der Waals surface area contributed by atoms with Crippen molar-refractivity contribution >= 4 is 0 Å². The highest BCUT2D eigenvalue weighted by molar-refractivity contribution is 5.18. The Morgan fingerprint density at radius 2 is 2.04 bits per heavy atom. The molecule has 3 rings (SSSR count). The van der Waals surface area contributed by atoms with Crippen LogP contribution in [0.5, 0.6) is 0 Å². The smallest absolute Gasteiger partial charge is 0.127 e. The molecular weight excluding hydrogens is 326 g/mol. The molecule has 0 bridgehead atoms. The van der Waals surface area contributed by atoms with Crippen LogP contribution in [0.25, 0.3) is 0 Å². The van der Waals surface area contributed by atoms with Crippen molar-refractivity contribution < 1.29 is 13.9 Å². The van der Waals surface area contributed by atoms with Crippen molar-refractivity contribution in [3.8, 4) is 0 Å². The van der Waals surface area contributed by atoms with Crippen LogP contribution in [-0.4, -0.2) is 26.1 Å². The number of aliphatic hydroxyl groups is 1. The maximum atomic E-state index is 13.8. The fourth-order valence-corrected chi connectivity index (χ4v) is 3.31. The topological polar surface area (TPSA) is 63.0 Å². The van der Waals surface area contributed by atoms with E-state index in [4.69, 9.17) is 0 Å². The molecule has 1 heterocycles. The molecule has 5 nitrogen and oxygen atoms in total. The zero-order valence-electron chi connectivity index (χ0n) is 14.5. The highest BCUT2D eigenvalue weighted by atomic mass is 19.1. The van der Waals surface area contributed by atoms with Crippen LogP contribution in [0.3, 0.4) is 0 Å². The van der Waals surface area contributed by atoms with Crippen molar-refractivity contribution in [1.29, 1.82) is 0 Å². The van der Waals surface area contributed by atoms with Gasteiger partial charge in [0.15, 0.2) is 0 Å². The molecule has 25 heavy (non-hydrogen) atoms. The van der Waals surface area contributed by atoms with Gasteiger partial charge >= 0.3 is 0 Å². The van der Waals surface area contributed by atoms with Gasteiger partial charge in [-0.05, 0) is 44.9 Å². The van der Waals surface area contributed by atoms with Gasteiger partial charge in [-0.25, -0.2) is 13.5 Å². The lowest BCUT2D eigenvalue weighted by atomic mass is 9.90. The maximum Gasteiger partial charge on any atom is 0.127 e. The molecule has 1 aromatic carbocycles. The average molecular weight is 350 g/mol. The van der Waals surface area contributed by atoms with Gasteiger partial charge in [-0.1, -0.05) is 18.1 Å². The third-order valence-electron chi connectivity index (χ3n) is 4.77. The Bertz CT molecular complexity index is 726. The molecule has 0 unspecified atom stereocenters. The van der Waals surface area contributed by atoms with E-state index in [1.54, 1.807) is 24.7 Å². The number of rotatable bonds is 5. The number of hydrogen-bond donors (Lipinski definition) is 2. The van der Waals surface area contributed by atoms with Crippen molar-refractivity contribution in [2.24, 2.45) is 0 Å². The highest BCUT2D eigenvalue weighted by Crippen LogP contribution is 2.29. The first-order valence-electron chi connectivity index (χ1n) is 8.66. The highest BCUT2D eigenvalue weighted by Gasteiger charge is 2.29. The Labute approximate surface area is 146 Å². The summed E-state index contributed by atoms with van der Waals surface area (Å²) in [6, 6.07) is 3.66. The Kier molecular flexibility index (Phi) is 5.15. The van der Waals surface area contributed by atoms with Gasteiger partial charge in [0.05, 0.1) is 12.2 Å². The summed E-state index contributed by atoms with van der Waals surface area (Å²) in [5.74, 6) is -0.851. The van der Waals surface area contributed by atoms with E-state index in [9.17, 15) is 13.9 Å². The van der Waals surface area contributed by atoms with Crippen LogP contribution in [0.1, 0.15) is 56.8 Å². The van der Waals surface area contributed by atoms with Gasteiger partial charge in [0, 0.05) is 18.2 Å². The summed E-state index contributed by atoms with van der Waals surface area (Å²) >= 11 is 0. The van der Waals surface area contributed by atoms with E-state index in [0.717, 1.165) is 37.8 Å². The number of benzene rings is 1. The third-order valence-corrected chi connectivity index (χ3v) is 4.77. The molecule has 136 valence electrons. The van der Waals surface area contributed by atoms with Crippen molar-refractivity contribution in [2.45, 2.75) is 63.8 Å². The molecule has 2 atom stereocenters. The zero-order chi connectivity index (χ0) is 18.0. The number of nitrogens with one attached hydrogen (secondary N) is 1. The summed E-state index contributed by atoms with van der Waals surface area (Å²) in [7, 11) is 0. The standard InChI is InChI=1S/C18H24F2N4O/c1-18(2,25)17-11-24(23-22-17)16-6-4-3-5-15(16)21-10-12-9-13(19)7-8-14(12)20/h7-9,11,15-16,21,25H,3-6,10H2,1-2H3/t15-,16+/m0/s1. The molecular formula is C18H24F2N4O. The molecule has 1 aromatic heterocycles. The summed E-state index contributed by atoms with van der Waals surface area (Å²) < 4.78 is 28.9. The molecule has 0 radical (unpaired) electrons. The summed E-state index contributed by atoms with van der Waals surface area (Å²) in [6.45, 7) is 3.60. The van der Waals surface area contributed by atoms with Gasteiger partial charge in [0.1, 0.15) is 22.9 Å². The van der Waals surface area contributed by atoms with Gasteiger partial charge in [0.2, 0.25) is 0 Å². The summed E-state index contributed by atoms with van der Waals surface area (Å²) in [6.07, 6.45) is 5.78. The summed E-state index contributed by atoms with van der Waals surface area (Å²) in [5, 5.41) is 21.7. The maximum absolute atomic E-state index is 13.8. The quantitative estimate of drug-likeness (QED) is 0.870. The number of hydrogen-bond acceptors (Lipinski definition) is 4. The molecule has 2 N–H and O–H groups in total. The molecule has 0 spiro atoms. The van der Waals surface area contributed by atoms with E-state index in [1.807, 2.05) is 0 Å². The van der Waals surface area contributed by atoms with Crippen molar-refractivity contribution in [3.63, 3.8) is 0 Å². The van der Waals surface area contributed by atoms with Crippen LogP contribution in [0.15, 0.2) is 24.4 Å². The zero-order valence-corrected chi connectivity index (χ0v) is 14.5.